The van der Waals surface area contributed by atoms with Crippen LogP contribution in [-0.2, 0) is 13.0 Å². The molecule has 0 bridgehead atoms. The standard InChI is InChI=1S/C13H20N4/c1-14-13-10-6-7-15-8-11(10)16-12(17-13)9-4-2-3-5-9/h9,15H,2-8H2,1H3,(H,14,16,17). The first kappa shape index (κ1) is 11.0. The molecule has 4 nitrogen and oxygen atoms in total. The summed E-state index contributed by atoms with van der Waals surface area (Å²) in [5.41, 5.74) is 2.52. The van der Waals surface area contributed by atoms with Gasteiger partial charge in [0.1, 0.15) is 11.6 Å². The number of hydrogen-bond donors (Lipinski definition) is 2. The highest BCUT2D eigenvalue weighted by atomic mass is 15.0. The summed E-state index contributed by atoms with van der Waals surface area (Å²) in [7, 11) is 1.96. The van der Waals surface area contributed by atoms with Crippen molar-refractivity contribution >= 4 is 5.82 Å². The van der Waals surface area contributed by atoms with Gasteiger partial charge in [-0.3, -0.25) is 0 Å². The van der Waals surface area contributed by atoms with Gasteiger partial charge in [-0.05, 0) is 25.8 Å². The number of hydrogen-bond acceptors (Lipinski definition) is 4. The molecule has 1 fully saturated rings. The average molecular weight is 232 g/mol. The molecule has 17 heavy (non-hydrogen) atoms. The van der Waals surface area contributed by atoms with Crippen LogP contribution in [-0.4, -0.2) is 23.6 Å². The molecule has 1 aromatic rings. The van der Waals surface area contributed by atoms with Gasteiger partial charge in [-0.1, -0.05) is 12.8 Å². The van der Waals surface area contributed by atoms with Gasteiger partial charge in [-0.15, -0.1) is 0 Å². The van der Waals surface area contributed by atoms with E-state index in [0.29, 0.717) is 5.92 Å². The molecule has 0 spiro atoms. The molecular formula is C13H20N4. The molecule has 2 N–H and O–H groups in total. The third-order valence-corrected chi connectivity index (χ3v) is 3.91. The topological polar surface area (TPSA) is 49.8 Å². The Bertz CT molecular complexity index is 393. The van der Waals surface area contributed by atoms with Crippen LogP contribution in [0.1, 0.15) is 48.7 Å². The fraction of sp³-hybridized carbons (Fsp3) is 0.692. The Morgan fingerprint density at radius 1 is 1.24 bits per heavy atom. The Kier molecular flexibility index (Phi) is 2.97. The molecule has 0 unspecified atom stereocenters. The summed E-state index contributed by atoms with van der Waals surface area (Å²) >= 11 is 0. The smallest absolute Gasteiger partial charge is 0.134 e. The Morgan fingerprint density at radius 2 is 2.06 bits per heavy atom. The predicted molar refractivity (Wildman–Crippen MR) is 68.2 cm³/mol. The van der Waals surface area contributed by atoms with E-state index in [1.165, 1.54) is 36.9 Å². The number of nitrogens with zero attached hydrogens (tertiary/aromatic N) is 2. The third kappa shape index (κ3) is 2.02. The van der Waals surface area contributed by atoms with Gasteiger partial charge in [0.25, 0.3) is 0 Å². The SMILES string of the molecule is CNc1nc(C2CCCC2)nc2c1CCNC2. The van der Waals surface area contributed by atoms with E-state index < -0.39 is 0 Å². The quantitative estimate of drug-likeness (QED) is 0.816. The molecule has 0 amide bonds. The van der Waals surface area contributed by atoms with Crippen LogP contribution in [0, 0.1) is 0 Å². The van der Waals surface area contributed by atoms with Crippen LogP contribution < -0.4 is 10.6 Å². The van der Waals surface area contributed by atoms with E-state index in [1.54, 1.807) is 0 Å². The van der Waals surface area contributed by atoms with E-state index in [9.17, 15) is 0 Å². The van der Waals surface area contributed by atoms with Gasteiger partial charge < -0.3 is 10.6 Å². The number of nitrogens with one attached hydrogen (secondary N) is 2. The number of anilines is 1. The molecule has 1 saturated carbocycles. The van der Waals surface area contributed by atoms with Crippen molar-refractivity contribution < 1.29 is 0 Å². The molecule has 1 aromatic heterocycles. The van der Waals surface area contributed by atoms with Crippen molar-refractivity contribution in [1.29, 1.82) is 0 Å². The first-order valence-corrected chi connectivity index (χ1v) is 6.66. The maximum absolute atomic E-state index is 4.79. The summed E-state index contributed by atoms with van der Waals surface area (Å²) in [6, 6.07) is 0. The summed E-state index contributed by atoms with van der Waals surface area (Å²) in [5.74, 6) is 2.71. The van der Waals surface area contributed by atoms with Gasteiger partial charge >= 0.3 is 0 Å². The normalized spacial score (nSPS) is 20.3. The van der Waals surface area contributed by atoms with E-state index in [4.69, 9.17) is 9.97 Å². The molecule has 0 aromatic carbocycles. The van der Waals surface area contributed by atoms with Crippen LogP contribution in [0.15, 0.2) is 0 Å². The lowest BCUT2D eigenvalue weighted by atomic mass is 10.0. The fourth-order valence-corrected chi connectivity index (χ4v) is 2.95. The van der Waals surface area contributed by atoms with Crippen molar-refractivity contribution in [3.8, 4) is 0 Å². The highest BCUT2D eigenvalue weighted by Crippen LogP contribution is 2.33. The van der Waals surface area contributed by atoms with Crippen molar-refractivity contribution in [2.45, 2.75) is 44.6 Å². The zero-order valence-corrected chi connectivity index (χ0v) is 10.4. The van der Waals surface area contributed by atoms with E-state index >= 15 is 0 Å². The Labute approximate surface area is 102 Å². The first-order chi connectivity index (χ1) is 8.38. The summed E-state index contributed by atoms with van der Waals surface area (Å²) in [6.07, 6.45) is 6.22. The summed E-state index contributed by atoms with van der Waals surface area (Å²) in [5, 5.41) is 6.63. The zero-order chi connectivity index (χ0) is 11.7. The molecule has 2 aliphatic rings. The van der Waals surface area contributed by atoms with Gasteiger partial charge in [-0.25, -0.2) is 9.97 Å². The first-order valence-electron chi connectivity index (χ1n) is 6.66. The number of aromatic nitrogens is 2. The monoisotopic (exact) mass is 232 g/mol. The maximum atomic E-state index is 4.79. The minimum atomic E-state index is 0.592. The molecule has 1 aliphatic heterocycles. The Balaban J connectivity index is 1.99. The molecule has 3 rings (SSSR count). The van der Waals surface area contributed by atoms with Gasteiger partial charge in [0.15, 0.2) is 0 Å². The number of rotatable bonds is 2. The van der Waals surface area contributed by atoms with Crippen molar-refractivity contribution in [3.05, 3.63) is 17.1 Å². The fourth-order valence-electron chi connectivity index (χ4n) is 2.95. The Hall–Kier alpha value is -1.16. The summed E-state index contributed by atoms with van der Waals surface area (Å²) < 4.78 is 0. The van der Waals surface area contributed by atoms with Crippen LogP contribution in [0.4, 0.5) is 5.82 Å². The highest BCUT2D eigenvalue weighted by molar-refractivity contribution is 5.47. The van der Waals surface area contributed by atoms with E-state index in [1.807, 2.05) is 7.05 Å². The molecule has 4 heteroatoms. The van der Waals surface area contributed by atoms with E-state index in [-0.39, 0.29) is 0 Å². The second-order valence-corrected chi connectivity index (χ2v) is 5.01. The van der Waals surface area contributed by atoms with Crippen LogP contribution in [0.5, 0.6) is 0 Å². The van der Waals surface area contributed by atoms with Crippen LogP contribution in [0.25, 0.3) is 0 Å². The minimum Gasteiger partial charge on any atom is -0.373 e. The van der Waals surface area contributed by atoms with Crippen molar-refractivity contribution in [2.24, 2.45) is 0 Å². The van der Waals surface area contributed by atoms with Crippen LogP contribution in [0.2, 0.25) is 0 Å². The molecule has 2 heterocycles. The minimum absolute atomic E-state index is 0.592. The van der Waals surface area contributed by atoms with Crippen molar-refractivity contribution in [1.82, 2.24) is 15.3 Å². The molecule has 92 valence electrons. The van der Waals surface area contributed by atoms with Gasteiger partial charge in [-0.2, -0.15) is 0 Å². The molecule has 1 aliphatic carbocycles. The van der Waals surface area contributed by atoms with Crippen LogP contribution in [0.3, 0.4) is 0 Å². The third-order valence-electron chi connectivity index (χ3n) is 3.91. The van der Waals surface area contributed by atoms with Crippen molar-refractivity contribution in [2.75, 3.05) is 18.9 Å². The number of fused-ring (bicyclic) bond motifs is 1. The van der Waals surface area contributed by atoms with Crippen LogP contribution >= 0.6 is 0 Å². The second kappa shape index (κ2) is 4.61. The molecule has 0 saturated heterocycles. The summed E-state index contributed by atoms with van der Waals surface area (Å²) in [4.78, 5) is 9.53. The van der Waals surface area contributed by atoms with Gasteiger partial charge in [0.2, 0.25) is 0 Å². The maximum Gasteiger partial charge on any atom is 0.134 e. The molecule has 0 atom stereocenters. The predicted octanol–water partition coefficient (Wildman–Crippen LogP) is 1.82. The van der Waals surface area contributed by atoms with Crippen molar-refractivity contribution in [3.63, 3.8) is 0 Å². The lowest BCUT2D eigenvalue weighted by Gasteiger charge is -2.21. The molecular weight excluding hydrogens is 212 g/mol. The zero-order valence-electron chi connectivity index (χ0n) is 10.4. The highest BCUT2D eigenvalue weighted by Gasteiger charge is 2.23. The molecule has 0 radical (unpaired) electrons. The Morgan fingerprint density at radius 3 is 2.82 bits per heavy atom. The largest absolute Gasteiger partial charge is 0.373 e. The average Bonchev–Trinajstić information content (AvgIpc) is 2.91. The lowest BCUT2D eigenvalue weighted by Crippen LogP contribution is -2.27. The van der Waals surface area contributed by atoms with E-state index in [2.05, 4.69) is 10.6 Å². The van der Waals surface area contributed by atoms with Gasteiger partial charge in [0.05, 0.1) is 5.69 Å². The van der Waals surface area contributed by atoms with Gasteiger partial charge in [0, 0.05) is 25.1 Å². The lowest BCUT2D eigenvalue weighted by molar-refractivity contribution is 0.599. The second-order valence-electron chi connectivity index (χ2n) is 5.01. The van der Waals surface area contributed by atoms with E-state index in [0.717, 1.165) is 31.2 Å². The summed E-state index contributed by atoms with van der Waals surface area (Å²) in [6.45, 7) is 1.93.